The van der Waals surface area contributed by atoms with Gasteiger partial charge in [0.15, 0.2) is 0 Å². The molecule has 0 aromatic carbocycles. The first kappa shape index (κ1) is 11.7. The van der Waals surface area contributed by atoms with Crippen LogP contribution in [0.3, 0.4) is 0 Å². The van der Waals surface area contributed by atoms with Crippen LogP contribution in [-0.4, -0.2) is 12.4 Å². The van der Waals surface area contributed by atoms with E-state index in [-0.39, 0.29) is 35.7 Å². The maximum Gasteiger partial charge on any atom is 1.00 e. The molecule has 0 aromatic rings. The van der Waals surface area contributed by atoms with Crippen molar-refractivity contribution in [2.45, 2.75) is 33.2 Å². The molecular weight excluding hydrogens is 115 g/mol. The first-order valence-corrected chi connectivity index (χ1v) is 2.44. The summed E-state index contributed by atoms with van der Waals surface area (Å²) in [4.78, 5) is 0. The SMILES string of the molecule is CC(C)OC(C)[O-].[Na+]. The predicted octanol–water partition coefficient (Wildman–Crippen LogP) is -2.88. The zero-order valence-electron chi connectivity index (χ0n) is 5.97. The van der Waals surface area contributed by atoms with Crippen LogP contribution >= 0.6 is 0 Å². The Kier molecular flexibility index (Phi) is 8.83. The van der Waals surface area contributed by atoms with Crippen LogP contribution in [0.4, 0.5) is 0 Å². The second-order valence-corrected chi connectivity index (χ2v) is 1.75. The van der Waals surface area contributed by atoms with Gasteiger partial charge in [0.2, 0.25) is 0 Å². The van der Waals surface area contributed by atoms with E-state index in [0.29, 0.717) is 0 Å². The summed E-state index contributed by atoms with van der Waals surface area (Å²) in [5.41, 5.74) is 0. The van der Waals surface area contributed by atoms with Gasteiger partial charge in [-0.1, -0.05) is 6.92 Å². The Morgan fingerprint density at radius 1 is 1.25 bits per heavy atom. The third kappa shape index (κ3) is 10.0. The molecule has 0 radical (unpaired) electrons. The number of ether oxygens (including phenoxy) is 1. The summed E-state index contributed by atoms with van der Waals surface area (Å²) < 4.78 is 4.69. The van der Waals surface area contributed by atoms with Crippen LogP contribution in [0.25, 0.3) is 0 Å². The third-order valence-electron chi connectivity index (χ3n) is 0.464. The summed E-state index contributed by atoms with van der Waals surface area (Å²) >= 11 is 0. The van der Waals surface area contributed by atoms with Gasteiger partial charge >= 0.3 is 29.6 Å². The number of hydrogen-bond donors (Lipinski definition) is 0. The van der Waals surface area contributed by atoms with E-state index in [2.05, 4.69) is 0 Å². The van der Waals surface area contributed by atoms with Gasteiger partial charge in [-0.05, 0) is 20.1 Å². The van der Waals surface area contributed by atoms with Crippen molar-refractivity contribution in [1.29, 1.82) is 0 Å². The maximum absolute atomic E-state index is 10.1. The molecule has 44 valence electrons. The Morgan fingerprint density at radius 2 is 1.62 bits per heavy atom. The average molecular weight is 126 g/mol. The van der Waals surface area contributed by atoms with Crippen LogP contribution in [0.1, 0.15) is 20.8 Å². The van der Waals surface area contributed by atoms with Crippen LogP contribution in [0.15, 0.2) is 0 Å². The fraction of sp³-hybridized carbons (Fsp3) is 1.00. The molecule has 0 spiro atoms. The van der Waals surface area contributed by atoms with Gasteiger partial charge < -0.3 is 9.84 Å². The molecule has 0 aliphatic carbocycles. The first-order valence-electron chi connectivity index (χ1n) is 2.44. The molecule has 0 N–H and O–H groups in total. The summed E-state index contributed by atoms with van der Waals surface area (Å²) in [6.07, 6.45) is -0.813. The van der Waals surface area contributed by atoms with Gasteiger partial charge in [0.1, 0.15) is 0 Å². The minimum atomic E-state index is -0.875. The van der Waals surface area contributed by atoms with E-state index in [4.69, 9.17) is 4.74 Å². The molecule has 0 aromatic heterocycles. The van der Waals surface area contributed by atoms with Gasteiger partial charge in [-0.25, -0.2) is 0 Å². The molecule has 0 aliphatic rings. The monoisotopic (exact) mass is 126 g/mol. The van der Waals surface area contributed by atoms with Crippen LogP contribution in [0, 0.1) is 0 Å². The van der Waals surface area contributed by atoms with E-state index in [1.165, 1.54) is 6.92 Å². The fourth-order valence-electron chi connectivity index (χ4n) is 0.383. The summed E-state index contributed by atoms with van der Waals surface area (Å²) in [7, 11) is 0. The zero-order chi connectivity index (χ0) is 5.86. The topological polar surface area (TPSA) is 32.3 Å². The second kappa shape index (κ2) is 6.05. The summed E-state index contributed by atoms with van der Waals surface area (Å²) in [5, 5.41) is 10.1. The van der Waals surface area contributed by atoms with E-state index in [9.17, 15) is 5.11 Å². The van der Waals surface area contributed by atoms with Crippen LogP contribution in [0.5, 0.6) is 0 Å². The van der Waals surface area contributed by atoms with Gasteiger partial charge in [0.05, 0.1) is 6.10 Å². The molecule has 0 amide bonds. The maximum atomic E-state index is 10.1. The molecule has 8 heavy (non-hydrogen) atoms. The molecule has 0 saturated carbocycles. The minimum absolute atomic E-state index is 0. The van der Waals surface area contributed by atoms with Crippen molar-refractivity contribution >= 4 is 0 Å². The van der Waals surface area contributed by atoms with Gasteiger partial charge in [-0.2, -0.15) is 0 Å². The quantitative estimate of drug-likeness (QED) is 0.294. The van der Waals surface area contributed by atoms with Crippen LogP contribution in [0.2, 0.25) is 0 Å². The van der Waals surface area contributed by atoms with E-state index in [0.717, 1.165) is 0 Å². The van der Waals surface area contributed by atoms with Crippen molar-refractivity contribution in [1.82, 2.24) is 0 Å². The van der Waals surface area contributed by atoms with Crippen molar-refractivity contribution in [2.75, 3.05) is 0 Å². The molecule has 1 atom stereocenters. The Balaban J connectivity index is 0. The van der Waals surface area contributed by atoms with E-state index in [1.807, 2.05) is 13.8 Å². The molecule has 1 unspecified atom stereocenters. The van der Waals surface area contributed by atoms with Crippen molar-refractivity contribution in [3.05, 3.63) is 0 Å². The standard InChI is InChI=1S/C5H11O2.Na/c1-4(2)7-5(3)6;/h4-5H,1-3H3;/q-1;+1. The zero-order valence-corrected chi connectivity index (χ0v) is 7.97. The molecule has 0 rings (SSSR count). The van der Waals surface area contributed by atoms with E-state index < -0.39 is 6.29 Å². The molecule has 0 bridgehead atoms. The molecule has 0 aliphatic heterocycles. The minimum Gasteiger partial charge on any atom is -0.831 e. The summed E-state index contributed by atoms with van der Waals surface area (Å²) in [6.45, 7) is 5.17. The molecule has 0 heterocycles. The van der Waals surface area contributed by atoms with Gasteiger partial charge in [0.25, 0.3) is 0 Å². The normalized spacial score (nSPS) is 13.1. The molecule has 0 fully saturated rings. The predicted molar refractivity (Wildman–Crippen MR) is 25.7 cm³/mol. The molecule has 2 nitrogen and oxygen atoms in total. The van der Waals surface area contributed by atoms with Gasteiger partial charge in [0, 0.05) is 0 Å². The Labute approximate surface area is 72.5 Å². The average Bonchev–Trinajstić information content (AvgIpc) is 1.27. The Morgan fingerprint density at radius 3 is 1.62 bits per heavy atom. The van der Waals surface area contributed by atoms with Crippen molar-refractivity contribution in [3.8, 4) is 0 Å². The van der Waals surface area contributed by atoms with E-state index >= 15 is 0 Å². The Hall–Kier alpha value is 0.920. The van der Waals surface area contributed by atoms with Crippen LogP contribution < -0.4 is 34.7 Å². The smallest absolute Gasteiger partial charge is 0.831 e. The number of rotatable bonds is 2. The fourth-order valence-corrected chi connectivity index (χ4v) is 0.383. The number of hydrogen-bond acceptors (Lipinski definition) is 2. The summed E-state index contributed by atoms with van der Waals surface area (Å²) in [5.74, 6) is 0. The molecule has 3 heteroatoms. The van der Waals surface area contributed by atoms with Crippen molar-refractivity contribution in [2.24, 2.45) is 0 Å². The largest absolute Gasteiger partial charge is 1.00 e. The Bertz CT molecular complexity index is 39.7. The van der Waals surface area contributed by atoms with Crippen molar-refractivity contribution < 1.29 is 39.4 Å². The van der Waals surface area contributed by atoms with E-state index in [1.54, 1.807) is 0 Å². The second-order valence-electron chi connectivity index (χ2n) is 1.75. The summed E-state index contributed by atoms with van der Waals surface area (Å²) in [6, 6.07) is 0. The van der Waals surface area contributed by atoms with Crippen molar-refractivity contribution in [3.63, 3.8) is 0 Å². The van der Waals surface area contributed by atoms with Gasteiger partial charge in [-0.3, -0.25) is 0 Å². The van der Waals surface area contributed by atoms with Crippen LogP contribution in [-0.2, 0) is 4.74 Å². The van der Waals surface area contributed by atoms with Gasteiger partial charge in [-0.15, -0.1) is 0 Å². The first-order chi connectivity index (χ1) is 3.13. The third-order valence-corrected chi connectivity index (χ3v) is 0.464. The molecule has 0 saturated heterocycles. The molecular formula is C5H11NaO2.